The molecule has 0 aliphatic carbocycles. The van der Waals surface area contributed by atoms with Crippen molar-refractivity contribution >= 4 is 38.9 Å². The van der Waals surface area contributed by atoms with E-state index >= 15 is 0 Å². The molecule has 0 radical (unpaired) electrons. The second kappa shape index (κ2) is 5.22. The van der Waals surface area contributed by atoms with Gasteiger partial charge in [0.15, 0.2) is 11.5 Å². The number of benzene rings is 1. The number of carbonyl (C=O) groups excluding carboxylic acids is 1. The average molecular weight is 340 g/mol. The van der Waals surface area contributed by atoms with E-state index in [0.29, 0.717) is 23.6 Å². The summed E-state index contributed by atoms with van der Waals surface area (Å²) in [7, 11) is 0. The van der Waals surface area contributed by atoms with Crippen molar-refractivity contribution in [3.05, 3.63) is 39.0 Å². The number of thiophene rings is 1. The lowest BCUT2D eigenvalue weighted by atomic mass is 10.2. The van der Waals surface area contributed by atoms with Gasteiger partial charge in [-0.25, -0.2) is 0 Å². The van der Waals surface area contributed by atoms with E-state index in [2.05, 4.69) is 21.2 Å². The van der Waals surface area contributed by atoms with Crippen molar-refractivity contribution in [3.8, 4) is 11.5 Å². The molecule has 3 rings (SSSR count). The Balaban J connectivity index is 1.66. The lowest BCUT2D eigenvalue weighted by molar-refractivity contribution is -0.115. The van der Waals surface area contributed by atoms with Gasteiger partial charge >= 0.3 is 0 Å². The summed E-state index contributed by atoms with van der Waals surface area (Å²) in [6, 6.07) is 7.31. The minimum atomic E-state index is -0.0479. The van der Waals surface area contributed by atoms with Crippen LogP contribution in [0.5, 0.6) is 11.5 Å². The minimum Gasteiger partial charge on any atom is -0.454 e. The summed E-state index contributed by atoms with van der Waals surface area (Å²) < 4.78 is 11.5. The Bertz CT molecular complexity index is 626. The highest BCUT2D eigenvalue weighted by Crippen LogP contribution is 2.34. The quantitative estimate of drug-likeness (QED) is 0.931. The summed E-state index contributed by atoms with van der Waals surface area (Å²) in [5, 5.41) is 4.81. The van der Waals surface area contributed by atoms with E-state index < -0.39 is 0 Å². The Labute approximate surface area is 122 Å². The van der Waals surface area contributed by atoms with E-state index in [9.17, 15) is 4.79 Å². The molecule has 0 bridgehead atoms. The Morgan fingerprint density at radius 1 is 1.32 bits per heavy atom. The lowest BCUT2D eigenvalue weighted by Gasteiger charge is -2.05. The number of fused-ring (bicyclic) bond motifs is 1. The lowest BCUT2D eigenvalue weighted by Crippen LogP contribution is -2.13. The second-order valence-electron chi connectivity index (χ2n) is 4.02. The molecule has 1 aromatic heterocycles. The molecular formula is C13H10BrNO3S. The largest absolute Gasteiger partial charge is 0.454 e. The molecule has 2 heterocycles. The molecule has 2 aromatic rings. The smallest absolute Gasteiger partial charge is 0.231 e. The number of halogens is 1. The molecule has 19 heavy (non-hydrogen) atoms. The van der Waals surface area contributed by atoms with Gasteiger partial charge in [0, 0.05) is 26.5 Å². The van der Waals surface area contributed by atoms with E-state index in [-0.39, 0.29) is 12.7 Å². The molecule has 1 aromatic carbocycles. The average Bonchev–Trinajstić information content (AvgIpc) is 2.97. The topological polar surface area (TPSA) is 47.6 Å². The predicted octanol–water partition coefficient (Wildman–Crippen LogP) is 3.42. The van der Waals surface area contributed by atoms with Crippen molar-refractivity contribution in [3.63, 3.8) is 0 Å². The molecule has 1 N–H and O–H groups in total. The number of amides is 1. The third-order valence-electron chi connectivity index (χ3n) is 2.61. The van der Waals surface area contributed by atoms with Gasteiger partial charge in [-0.3, -0.25) is 4.79 Å². The number of carbonyl (C=O) groups is 1. The summed E-state index contributed by atoms with van der Waals surface area (Å²) >= 11 is 4.93. The molecule has 6 heteroatoms. The van der Waals surface area contributed by atoms with Crippen LogP contribution in [-0.4, -0.2) is 12.7 Å². The first-order valence-electron chi connectivity index (χ1n) is 5.63. The van der Waals surface area contributed by atoms with E-state index in [1.807, 2.05) is 11.4 Å². The SMILES string of the molecule is O=C(Cc1cc(Br)cs1)Nc1ccc2c(c1)OCO2. The van der Waals surface area contributed by atoms with Crippen molar-refractivity contribution in [2.45, 2.75) is 6.42 Å². The number of anilines is 1. The zero-order chi connectivity index (χ0) is 13.2. The maximum atomic E-state index is 11.9. The summed E-state index contributed by atoms with van der Waals surface area (Å²) in [5.74, 6) is 1.32. The minimum absolute atomic E-state index is 0.0479. The monoisotopic (exact) mass is 339 g/mol. The Kier molecular flexibility index (Phi) is 3.44. The van der Waals surface area contributed by atoms with Crippen LogP contribution in [0.1, 0.15) is 4.88 Å². The number of hydrogen-bond donors (Lipinski definition) is 1. The summed E-state index contributed by atoms with van der Waals surface area (Å²) in [4.78, 5) is 12.9. The van der Waals surface area contributed by atoms with E-state index in [1.165, 1.54) is 0 Å². The highest BCUT2D eigenvalue weighted by molar-refractivity contribution is 9.10. The van der Waals surface area contributed by atoms with Gasteiger partial charge in [-0.2, -0.15) is 0 Å². The first-order chi connectivity index (χ1) is 9.20. The van der Waals surface area contributed by atoms with Crippen LogP contribution in [0.25, 0.3) is 0 Å². The Hall–Kier alpha value is -1.53. The van der Waals surface area contributed by atoms with Crippen LogP contribution in [0.15, 0.2) is 34.1 Å². The van der Waals surface area contributed by atoms with Crippen molar-refractivity contribution in [1.82, 2.24) is 0 Å². The third-order valence-corrected chi connectivity index (χ3v) is 4.31. The van der Waals surface area contributed by atoms with Crippen molar-refractivity contribution < 1.29 is 14.3 Å². The molecular weight excluding hydrogens is 330 g/mol. The molecule has 0 unspecified atom stereocenters. The van der Waals surface area contributed by atoms with Gasteiger partial charge in [0.25, 0.3) is 0 Å². The van der Waals surface area contributed by atoms with Crippen LogP contribution < -0.4 is 14.8 Å². The highest BCUT2D eigenvalue weighted by atomic mass is 79.9. The van der Waals surface area contributed by atoms with Gasteiger partial charge in [0.05, 0.1) is 6.42 Å². The zero-order valence-corrected chi connectivity index (χ0v) is 12.2. The first kappa shape index (κ1) is 12.5. The normalized spacial score (nSPS) is 12.5. The van der Waals surface area contributed by atoms with Crippen LogP contribution >= 0.6 is 27.3 Å². The fraction of sp³-hybridized carbons (Fsp3) is 0.154. The summed E-state index contributed by atoms with van der Waals surface area (Å²) in [5.41, 5.74) is 0.713. The molecule has 0 atom stereocenters. The van der Waals surface area contributed by atoms with Gasteiger partial charge < -0.3 is 14.8 Å². The molecule has 0 saturated carbocycles. The van der Waals surface area contributed by atoms with Gasteiger partial charge in [0.2, 0.25) is 12.7 Å². The second-order valence-corrected chi connectivity index (χ2v) is 5.94. The fourth-order valence-corrected chi connectivity index (χ4v) is 3.23. The third kappa shape index (κ3) is 2.90. The van der Waals surface area contributed by atoms with E-state index in [0.717, 1.165) is 9.35 Å². The molecule has 0 spiro atoms. The van der Waals surface area contributed by atoms with Crippen molar-refractivity contribution in [2.75, 3.05) is 12.1 Å². The summed E-state index contributed by atoms with van der Waals surface area (Å²) in [6.45, 7) is 0.232. The van der Waals surface area contributed by atoms with Crippen molar-refractivity contribution in [2.24, 2.45) is 0 Å². The number of rotatable bonds is 3. The molecule has 4 nitrogen and oxygen atoms in total. The van der Waals surface area contributed by atoms with Crippen LogP contribution in [0.2, 0.25) is 0 Å². The molecule has 0 fully saturated rings. The van der Waals surface area contributed by atoms with Gasteiger partial charge in [-0.15, -0.1) is 11.3 Å². The van der Waals surface area contributed by atoms with Crippen LogP contribution in [0, 0.1) is 0 Å². The highest BCUT2D eigenvalue weighted by Gasteiger charge is 2.14. The first-order valence-corrected chi connectivity index (χ1v) is 7.30. The molecule has 1 amide bonds. The van der Waals surface area contributed by atoms with Crippen LogP contribution in [0.4, 0.5) is 5.69 Å². The summed E-state index contributed by atoms with van der Waals surface area (Å²) in [6.07, 6.45) is 0.366. The molecule has 1 aliphatic heterocycles. The molecule has 1 aliphatic rings. The van der Waals surface area contributed by atoms with Crippen molar-refractivity contribution in [1.29, 1.82) is 0 Å². The maximum absolute atomic E-state index is 11.9. The molecule has 98 valence electrons. The Morgan fingerprint density at radius 3 is 2.95 bits per heavy atom. The van der Waals surface area contributed by atoms with Gasteiger partial charge in [-0.1, -0.05) is 0 Å². The number of hydrogen-bond acceptors (Lipinski definition) is 4. The van der Waals surface area contributed by atoms with Gasteiger partial charge in [0.1, 0.15) is 0 Å². The number of nitrogens with one attached hydrogen (secondary N) is 1. The maximum Gasteiger partial charge on any atom is 0.231 e. The van der Waals surface area contributed by atoms with Crippen LogP contribution in [0.3, 0.4) is 0 Å². The number of ether oxygens (including phenoxy) is 2. The Morgan fingerprint density at radius 2 is 2.16 bits per heavy atom. The van der Waals surface area contributed by atoms with Gasteiger partial charge in [-0.05, 0) is 34.1 Å². The standard InChI is InChI=1S/C13H10BrNO3S/c14-8-3-10(19-6-8)5-13(16)15-9-1-2-11-12(4-9)18-7-17-11/h1-4,6H,5,7H2,(H,15,16). The van der Waals surface area contributed by atoms with E-state index in [4.69, 9.17) is 9.47 Å². The zero-order valence-electron chi connectivity index (χ0n) is 9.81. The fourth-order valence-electron chi connectivity index (χ4n) is 1.78. The molecule has 0 saturated heterocycles. The van der Waals surface area contributed by atoms with E-state index in [1.54, 1.807) is 29.5 Å². The predicted molar refractivity (Wildman–Crippen MR) is 76.9 cm³/mol. The van der Waals surface area contributed by atoms with Crippen LogP contribution in [-0.2, 0) is 11.2 Å².